The van der Waals surface area contributed by atoms with Gasteiger partial charge in [-0.25, -0.2) is 0 Å². The van der Waals surface area contributed by atoms with Crippen molar-refractivity contribution < 1.29 is 22.8 Å². The molecule has 1 amide bonds. The fraction of sp³-hybridized carbons (Fsp3) is 0.400. The molecular formula is C15H15F2N3O3. The van der Waals surface area contributed by atoms with Gasteiger partial charge in [-0.1, -0.05) is 17.3 Å². The molecule has 1 aromatic carbocycles. The van der Waals surface area contributed by atoms with E-state index < -0.39 is 6.61 Å². The van der Waals surface area contributed by atoms with Crippen LogP contribution in [0, 0.1) is 0 Å². The highest BCUT2D eigenvalue weighted by Crippen LogP contribution is 2.29. The number of para-hydroxylation sites is 1. The summed E-state index contributed by atoms with van der Waals surface area (Å²) in [7, 11) is 0. The molecule has 6 nitrogen and oxygen atoms in total. The molecule has 0 saturated carbocycles. The van der Waals surface area contributed by atoms with Crippen molar-refractivity contribution in [3.8, 4) is 17.1 Å². The van der Waals surface area contributed by atoms with Crippen LogP contribution >= 0.6 is 0 Å². The number of alkyl halides is 2. The number of benzene rings is 1. The van der Waals surface area contributed by atoms with Crippen LogP contribution in [0.4, 0.5) is 8.78 Å². The number of hydrogen-bond donors (Lipinski definition) is 1. The minimum atomic E-state index is -2.93. The molecule has 1 N–H and O–H groups in total. The molecule has 2 heterocycles. The van der Waals surface area contributed by atoms with E-state index in [9.17, 15) is 13.6 Å². The van der Waals surface area contributed by atoms with E-state index in [2.05, 4.69) is 20.2 Å². The lowest BCUT2D eigenvalue weighted by atomic mass is 10.0. The van der Waals surface area contributed by atoms with Crippen LogP contribution < -0.4 is 10.1 Å². The Morgan fingerprint density at radius 3 is 3.00 bits per heavy atom. The fourth-order valence-electron chi connectivity index (χ4n) is 2.54. The molecule has 0 radical (unpaired) electrons. The number of amides is 1. The summed E-state index contributed by atoms with van der Waals surface area (Å²) in [6.45, 7) is -2.93. The van der Waals surface area contributed by atoms with Crippen LogP contribution in [0.2, 0.25) is 0 Å². The van der Waals surface area contributed by atoms with Crippen molar-refractivity contribution in [3.05, 3.63) is 30.2 Å². The summed E-state index contributed by atoms with van der Waals surface area (Å²) in [6.07, 6.45) is 2.61. The molecule has 0 aliphatic carbocycles. The van der Waals surface area contributed by atoms with Crippen LogP contribution in [0.3, 0.4) is 0 Å². The first-order chi connectivity index (χ1) is 11.1. The number of rotatable bonds is 5. The fourth-order valence-corrected chi connectivity index (χ4v) is 2.54. The monoisotopic (exact) mass is 323 g/mol. The summed E-state index contributed by atoms with van der Waals surface area (Å²) in [4.78, 5) is 15.6. The molecular weight excluding hydrogens is 308 g/mol. The van der Waals surface area contributed by atoms with Gasteiger partial charge in [-0.3, -0.25) is 4.79 Å². The van der Waals surface area contributed by atoms with Gasteiger partial charge in [-0.05, 0) is 25.0 Å². The Hall–Kier alpha value is -2.51. The second-order valence-corrected chi connectivity index (χ2v) is 5.25. The number of carbonyl (C=O) groups excluding carboxylic acids is 1. The lowest BCUT2D eigenvalue weighted by molar-refractivity contribution is -0.123. The summed E-state index contributed by atoms with van der Waals surface area (Å²) in [5, 5.41) is 6.68. The average molecular weight is 323 g/mol. The molecule has 1 fully saturated rings. The number of halogens is 2. The Balaban J connectivity index is 1.75. The summed E-state index contributed by atoms with van der Waals surface area (Å²) < 4.78 is 34.5. The SMILES string of the molecule is O=C1CCCC(Cc2nc(-c3ccccc3OC(F)F)no2)N1. The van der Waals surface area contributed by atoms with Gasteiger partial charge >= 0.3 is 6.61 Å². The first-order valence-corrected chi connectivity index (χ1v) is 7.28. The van der Waals surface area contributed by atoms with Crippen LogP contribution in [-0.4, -0.2) is 28.7 Å². The second kappa shape index (κ2) is 6.72. The minimum absolute atomic E-state index is 0.0108. The van der Waals surface area contributed by atoms with E-state index in [-0.39, 0.29) is 23.5 Å². The molecule has 1 aliphatic heterocycles. The lowest BCUT2D eigenvalue weighted by Crippen LogP contribution is -2.40. The van der Waals surface area contributed by atoms with Crippen molar-refractivity contribution in [1.82, 2.24) is 15.5 Å². The highest BCUT2D eigenvalue weighted by atomic mass is 19.3. The van der Waals surface area contributed by atoms with Gasteiger partial charge < -0.3 is 14.6 Å². The molecule has 1 atom stereocenters. The molecule has 2 aromatic rings. The number of hydrogen-bond acceptors (Lipinski definition) is 5. The van der Waals surface area contributed by atoms with E-state index >= 15 is 0 Å². The number of aromatic nitrogens is 2. The Labute approximate surface area is 130 Å². The molecule has 23 heavy (non-hydrogen) atoms. The maximum absolute atomic E-state index is 12.4. The van der Waals surface area contributed by atoms with Crippen molar-refractivity contribution in [3.63, 3.8) is 0 Å². The Bertz CT molecular complexity index is 690. The minimum Gasteiger partial charge on any atom is -0.434 e. The summed E-state index contributed by atoms with van der Waals surface area (Å²) in [5.74, 6) is 0.523. The van der Waals surface area contributed by atoms with Gasteiger partial charge in [0.2, 0.25) is 17.6 Å². The molecule has 122 valence electrons. The second-order valence-electron chi connectivity index (χ2n) is 5.25. The standard InChI is InChI=1S/C15H15F2N3O3/c16-15(17)22-11-6-2-1-5-10(11)14-19-13(23-20-14)8-9-4-3-7-12(21)18-9/h1-2,5-6,9,15H,3-4,7-8H2,(H,18,21). The zero-order chi connectivity index (χ0) is 16.2. The van der Waals surface area contributed by atoms with E-state index in [1.54, 1.807) is 18.2 Å². The number of nitrogens with one attached hydrogen (secondary N) is 1. The molecule has 1 unspecified atom stereocenters. The van der Waals surface area contributed by atoms with E-state index in [1.807, 2.05) is 0 Å². The zero-order valence-corrected chi connectivity index (χ0v) is 12.2. The lowest BCUT2D eigenvalue weighted by Gasteiger charge is -2.21. The quantitative estimate of drug-likeness (QED) is 0.915. The molecule has 0 spiro atoms. The molecule has 1 saturated heterocycles. The predicted molar refractivity (Wildman–Crippen MR) is 75.9 cm³/mol. The third-order valence-electron chi connectivity index (χ3n) is 3.55. The van der Waals surface area contributed by atoms with Crippen molar-refractivity contribution in [2.24, 2.45) is 0 Å². The summed E-state index contributed by atoms with van der Waals surface area (Å²) in [5.41, 5.74) is 0.329. The van der Waals surface area contributed by atoms with E-state index in [1.165, 1.54) is 6.07 Å². The Kier molecular flexibility index (Phi) is 4.50. The number of carbonyl (C=O) groups is 1. The largest absolute Gasteiger partial charge is 0.434 e. The van der Waals surface area contributed by atoms with Crippen LogP contribution in [0.1, 0.15) is 25.2 Å². The maximum Gasteiger partial charge on any atom is 0.387 e. The number of nitrogens with zero attached hydrogens (tertiary/aromatic N) is 2. The molecule has 1 aromatic heterocycles. The van der Waals surface area contributed by atoms with Crippen LogP contribution in [-0.2, 0) is 11.2 Å². The molecule has 1 aliphatic rings. The molecule has 8 heteroatoms. The third-order valence-corrected chi connectivity index (χ3v) is 3.55. The van der Waals surface area contributed by atoms with E-state index in [0.717, 1.165) is 12.8 Å². The van der Waals surface area contributed by atoms with Crippen LogP contribution in [0.15, 0.2) is 28.8 Å². The highest BCUT2D eigenvalue weighted by Gasteiger charge is 2.22. The zero-order valence-electron chi connectivity index (χ0n) is 12.2. The van der Waals surface area contributed by atoms with Gasteiger partial charge in [0.05, 0.1) is 5.56 Å². The van der Waals surface area contributed by atoms with Gasteiger partial charge in [-0.2, -0.15) is 13.8 Å². The van der Waals surface area contributed by atoms with Crippen molar-refractivity contribution in [2.75, 3.05) is 0 Å². The smallest absolute Gasteiger partial charge is 0.387 e. The van der Waals surface area contributed by atoms with Crippen molar-refractivity contribution in [1.29, 1.82) is 0 Å². The van der Waals surface area contributed by atoms with Gasteiger partial charge in [0.25, 0.3) is 0 Å². The predicted octanol–water partition coefficient (Wildman–Crippen LogP) is 2.55. The topological polar surface area (TPSA) is 77.2 Å². The summed E-state index contributed by atoms with van der Waals surface area (Å²) in [6, 6.07) is 6.20. The molecule has 0 bridgehead atoms. The van der Waals surface area contributed by atoms with E-state index in [0.29, 0.717) is 24.3 Å². The van der Waals surface area contributed by atoms with Crippen molar-refractivity contribution >= 4 is 5.91 Å². The van der Waals surface area contributed by atoms with Crippen molar-refractivity contribution in [2.45, 2.75) is 38.3 Å². The summed E-state index contributed by atoms with van der Waals surface area (Å²) >= 11 is 0. The first kappa shape index (κ1) is 15.4. The normalized spacial score (nSPS) is 18.0. The van der Waals surface area contributed by atoms with Gasteiger partial charge in [0.15, 0.2) is 0 Å². The molecule has 3 rings (SSSR count). The Morgan fingerprint density at radius 2 is 2.22 bits per heavy atom. The number of piperidine rings is 1. The number of ether oxygens (including phenoxy) is 1. The van der Waals surface area contributed by atoms with Gasteiger partial charge in [0, 0.05) is 18.9 Å². The highest BCUT2D eigenvalue weighted by molar-refractivity contribution is 5.76. The average Bonchev–Trinajstić information content (AvgIpc) is 2.95. The van der Waals surface area contributed by atoms with Gasteiger partial charge in [-0.15, -0.1) is 0 Å². The van der Waals surface area contributed by atoms with E-state index in [4.69, 9.17) is 4.52 Å². The first-order valence-electron chi connectivity index (χ1n) is 7.28. The third kappa shape index (κ3) is 3.82. The van der Waals surface area contributed by atoms with Gasteiger partial charge in [0.1, 0.15) is 5.75 Å². The van der Waals surface area contributed by atoms with Crippen LogP contribution in [0.5, 0.6) is 5.75 Å². The van der Waals surface area contributed by atoms with Crippen LogP contribution in [0.25, 0.3) is 11.4 Å². The Morgan fingerprint density at radius 1 is 1.39 bits per heavy atom. The maximum atomic E-state index is 12.4.